The average molecular weight is 608 g/mol. The second kappa shape index (κ2) is 10.8. The number of nitriles is 2. The smallest absolute Gasteiger partial charge is 0.338 e. The minimum absolute atomic E-state index is 0.00921. The molecular formula is C30H24ClF2N5O3S. The summed E-state index contributed by atoms with van der Waals surface area (Å²) in [4.78, 5) is 27.8. The Morgan fingerprint density at radius 2 is 2.05 bits per heavy atom. The van der Waals surface area contributed by atoms with Gasteiger partial charge in [-0.2, -0.15) is 10.5 Å². The van der Waals surface area contributed by atoms with Crippen molar-refractivity contribution in [3.05, 3.63) is 69.4 Å². The number of carbonyl (C=O) groups is 2. The highest BCUT2D eigenvalue weighted by molar-refractivity contribution is 7.23. The molecule has 0 unspecified atom stereocenters. The molecule has 1 fully saturated rings. The molecule has 3 heterocycles. The van der Waals surface area contributed by atoms with Crippen LogP contribution >= 0.6 is 22.9 Å². The fraction of sp³-hybridized carbons (Fsp3) is 0.267. The first-order chi connectivity index (χ1) is 19.8. The highest BCUT2D eigenvalue weighted by atomic mass is 35.5. The number of allylic oxidation sites excluding steroid dienone is 1. The lowest BCUT2D eigenvalue weighted by Crippen LogP contribution is -2.53. The van der Waals surface area contributed by atoms with Gasteiger partial charge in [0.2, 0.25) is 0 Å². The number of ketones is 1. The molecule has 0 amide bonds. The number of halogens is 3. The molecule has 2 aliphatic heterocycles. The van der Waals surface area contributed by atoms with Crippen LogP contribution in [0.1, 0.15) is 31.9 Å². The summed E-state index contributed by atoms with van der Waals surface area (Å²) >= 11 is 7.49. The van der Waals surface area contributed by atoms with Gasteiger partial charge in [-0.3, -0.25) is 4.79 Å². The van der Waals surface area contributed by atoms with Crippen LogP contribution in [0.4, 0.5) is 13.8 Å². The molecule has 3 N–H and O–H groups in total. The van der Waals surface area contributed by atoms with Gasteiger partial charge in [-0.25, -0.2) is 13.6 Å². The summed E-state index contributed by atoms with van der Waals surface area (Å²) in [6.45, 7) is 5.91. The number of hydrogen-bond acceptors (Lipinski definition) is 9. The number of Topliss-reactive ketones (excluding diaryl/α,β-unsaturated/α-hetero) is 1. The largest absolute Gasteiger partial charge is 0.420 e. The molecule has 42 heavy (non-hydrogen) atoms. The van der Waals surface area contributed by atoms with E-state index in [2.05, 4.69) is 5.32 Å². The van der Waals surface area contributed by atoms with E-state index in [0.717, 1.165) is 17.4 Å². The van der Waals surface area contributed by atoms with Gasteiger partial charge in [-0.05, 0) is 23.1 Å². The lowest BCUT2D eigenvalue weighted by Gasteiger charge is -2.37. The molecule has 3 aromatic rings. The summed E-state index contributed by atoms with van der Waals surface area (Å²) in [5, 5.41) is 22.5. The topological polar surface area (TPSA) is 132 Å². The van der Waals surface area contributed by atoms with Crippen molar-refractivity contribution in [3.8, 4) is 29.0 Å². The number of nitrogen functional groups attached to an aromatic ring is 1. The molecule has 1 atom stereocenters. The zero-order chi connectivity index (χ0) is 30.5. The number of rotatable bonds is 3. The molecule has 0 spiro atoms. The van der Waals surface area contributed by atoms with Crippen LogP contribution in [0.2, 0.25) is 5.02 Å². The van der Waals surface area contributed by atoms with E-state index in [1.54, 1.807) is 11.0 Å². The molecule has 0 radical (unpaired) electrons. The van der Waals surface area contributed by atoms with E-state index < -0.39 is 29.1 Å². The molecular weight excluding hydrogens is 584 g/mol. The predicted molar refractivity (Wildman–Crippen MR) is 155 cm³/mol. The Balaban J connectivity index is 1.57. The van der Waals surface area contributed by atoms with Crippen molar-refractivity contribution < 1.29 is 23.1 Å². The van der Waals surface area contributed by atoms with Crippen LogP contribution < -0.4 is 15.8 Å². The molecule has 8 nitrogen and oxygen atoms in total. The fourth-order valence-electron chi connectivity index (χ4n) is 5.11. The van der Waals surface area contributed by atoms with E-state index in [9.17, 15) is 24.5 Å². The second-order valence-corrected chi connectivity index (χ2v) is 12.5. The number of piperazine rings is 1. The Morgan fingerprint density at radius 1 is 1.31 bits per heavy atom. The number of nitrogens with one attached hydrogen (secondary N) is 1. The summed E-state index contributed by atoms with van der Waals surface area (Å²) in [6.07, 6.45) is 2.83. The minimum Gasteiger partial charge on any atom is -0.420 e. The van der Waals surface area contributed by atoms with Crippen molar-refractivity contribution in [3.63, 3.8) is 0 Å². The first-order valence-corrected chi connectivity index (χ1v) is 14.0. The Hall–Kier alpha value is -4.29. The van der Waals surface area contributed by atoms with Crippen molar-refractivity contribution in [2.75, 3.05) is 18.8 Å². The summed E-state index contributed by atoms with van der Waals surface area (Å²) in [7, 11) is 0. The Labute approximate surface area is 249 Å². The van der Waals surface area contributed by atoms with Crippen molar-refractivity contribution >= 4 is 49.8 Å². The third-order valence-electron chi connectivity index (χ3n) is 6.92. The maximum absolute atomic E-state index is 16.3. The number of nitrogens with zero attached hydrogens (tertiary/aromatic N) is 3. The number of ether oxygens (including phenoxy) is 1. The maximum atomic E-state index is 16.3. The van der Waals surface area contributed by atoms with Gasteiger partial charge in [-0.15, -0.1) is 11.3 Å². The van der Waals surface area contributed by atoms with E-state index in [-0.39, 0.29) is 79.1 Å². The van der Waals surface area contributed by atoms with Crippen LogP contribution in [0, 0.1) is 39.7 Å². The summed E-state index contributed by atoms with van der Waals surface area (Å²) in [5.74, 6) is -3.20. The van der Waals surface area contributed by atoms with Gasteiger partial charge in [0.05, 0.1) is 26.9 Å². The number of nitrogens with two attached hydrogens (primary N) is 1. The van der Waals surface area contributed by atoms with Crippen molar-refractivity contribution in [1.29, 1.82) is 10.5 Å². The van der Waals surface area contributed by atoms with Crippen LogP contribution in [0.3, 0.4) is 0 Å². The number of carbonyl (C=O) groups excluding carboxylic acids is 2. The van der Waals surface area contributed by atoms with Gasteiger partial charge in [0.15, 0.2) is 17.3 Å². The number of fused-ring (bicyclic) bond motifs is 3. The van der Waals surface area contributed by atoms with Crippen LogP contribution in [0.5, 0.6) is 5.75 Å². The van der Waals surface area contributed by atoms with Gasteiger partial charge in [0.25, 0.3) is 0 Å². The number of benzene rings is 2. The predicted octanol–water partition coefficient (Wildman–Crippen LogP) is 5.60. The SMILES string of the molecule is CC(C)(C)/C=C(\C#N)C(=O)[C@@H]1CN2Cc3cc(Cl)c(-c4ccc(F)c5sc(N)c(C#N)c45)c(F)c3OC(=O)C=C2CN1. The zero-order valence-corrected chi connectivity index (χ0v) is 24.3. The molecule has 2 aliphatic rings. The highest BCUT2D eigenvalue weighted by Crippen LogP contribution is 2.46. The quantitative estimate of drug-likeness (QED) is 0.170. The molecule has 0 aliphatic carbocycles. The van der Waals surface area contributed by atoms with Gasteiger partial charge in [-0.1, -0.05) is 44.5 Å². The normalized spacial score (nSPS) is 17.3. The van der Waals surface area contributed by atoms with Gasteiger partial charge >= 0.3 is 5.97 Å². The number of anilines is 1. The maximum Gasteiger partial charge on any atom is 0.338 e. The molecule has 12 heteroatoms. The Bertz CT molecular complexity index is 1830. The van der Waals surface area contributed by atoms with E-state index in [1.807, 2.05) is 32.9 Å². The van der Waals surface area contributed by atoms with Crippen molar-refractivity contribution in [2.45, 2.75) is 33.4 Å². The monoisotopic (exact) mass is 607 g/mol. The van der Waals surface area contributed by atoms with Crippen molar-refractivity contribution in [1.82, 2.24) is 10.2 Å². The average Bonchev–Trinajstić information content (AvgIpc) is 3.26. The molecule has 0 saturated carbocycles. The van der Waals surface area contributed by atoms with Gasteiger partial charge in [0, 0.05) is 47.9 Å². The highest BCUT2D eigenvalue weighted by Gasteiger charge is 2.34. The van der Waals surface area contributed by atoms with Crippen LogP contribution in [0.15, 0.2) is 41.6 Å². The third kappa shape index (κ3) is 5.23. The fourth-order valence-corrected chi connectivity index (χ4v) is 6.38. The van der Waals surface area contributed by atoms with Crippen LogP contribution in [-0.4, -0.2) is 35.8 Å². The Kier molecular flexibility index (Phi) is 7.54. The van der Waals surface area contributed by atoms with Crippen molar-refractivity contribution in [2.24, 2.45) is 5.41 Å². The summed E-state index contributed by atoms with van der Waals surface area (Å²) in [5.41, 5.74) is 6.27. The van der Waals surface area contributed by atoms with E-state index in [4.69, 9.17) is 22.1 Å². The van der Waals surface area contributed by atoms with Crippen LogP contribution in [-0.2, 0) is 16.1 Å². The first-order valence-electron chi connectivity index (χ1n) is 12.8. The van der Waals surface area contributed by atoms with Gasteiger partial charge < -0.3 is 20.7 Å². The summed E-state index contributed by atoms with van der Waals surface area (Å²) in [6, 6.07) is 7.05. The molecule has 0 bridgehead atoms. The molecule has 5 rings (SSSR count). The molecule has 1 saturated heterocycles. The number of esters is 1. The second-order valence-electron chi connectivity index (χ2n) is 11.1. The molecule has 214 valence electrons. The third-order valence-corrected chi connectivity index (χ3v) is 8.24. The number of hydrogen-bond donors (Lipinski definition) is 2. The minimum atomic E-state index is -0.966. The van der Waals surface area contributed by atoms with E-state index >= 15 is 4.39 Å². The summed E-state index contributed by atoms with van der Waals surface area (Å²) < 4.78 is 36.4. The first kappa shape index (κ1) is 29.2. The van der Waals surface area contributed by atoms with E-state index in [0.29, 0.717) is 5.70 Å². The number of thiophene rings is 1. The van der Waals surface area contributed by atoms with Crippen LogP contribution in [0.25, 0.3) is 21.2 Å². The molecule has 2 aromatic carbocycles. The standard InChI is InChI=1S/C30H24ClF2N5O3S/c1-30(2,3)8-15(9-34)26(40)21-13-38-12-14-6-19(31)24(25(33)27(14)41-22(39)7-16(38)11-37-21)17-4-5-20(32)28-23(17)18(10-35)29(36)42-28/h4-8,21,37H,11-13,36H2,1-3H3/b15-8+,16-7?/t21-/m0/s1. The Morgan fingerprint density at radius 3 is 2.71 bits per heavy atom. The lowest BCUT2D eigenvalue weighted by atomic mass is 9.90. The lowest BCUT2D eigenvalue weighted by molar-refractivity contribution is -0.129. The zero-order valence-electron chi connectivity index (χ0n) is 22.8. The van der Waals surface area contributed by atoms with E-state index in [1.165, 1.54) is 18.2 Å². The van der Waals surface area contributed by atoms with Gasteiger partial charge in [0.1, 0.15) is 23.0 Å². The molecule has 1 aromatic heterocycles.